The monoisotopic (exact) mass is 408 g/mol. The van der Waals surface area contributed by atoms with Crippen LogP contribution in [0.5, 0.6) is 0 Å². The zero-order valence-corrected chi connectivity index (χ0v) is 16.8. The summed E-state index contributed by atoms with van der Waals surface area (Å²) in [6, 6.07) is 15.0. The zero-order chi connectivity index (χ0) is 20.4. The van der Waals surface area contributed by atoms with Crippen LogP contribution in [0.15, 0.2) is 54.7 Å². The molecule has 1 amide bonds. The largest absolute Gasteiger partial charge is 0.368 e. The fourth-order valence-corrected chi connectivity index (χ4v) is 3.75. The zero-order valence-electron chi connectivity index (χ0n) is 16.1. The molecule has 7 heteroatoms. The third kappa shape index (κ3) is 4.03. The van der Waals surface area contributed by atoms with E-state index >= 15 is 0 Å². The van der Waals surface area contributed by atoms with Crippen LogP contribution in [0.1, 0.15) is 27.6 Å². The smallest absolute Gasteiger partial charge is 0.257 e. The van der Waals surface area contributed by atoms with Crippen LogP contribution in [0.3, 0.4) is 0 Å². The van der Waals surface area contributed by atoms with Crippen molar-refractivity contribution in [2.75, 3.05) is 31.1 Å². The summed E-state index contributed by atoms with van der Waals surface area (Å²) in [7, 11) is 0. The van der Waals surface area contributed by atoms with Gasteiger partial charge in [-0.25, -0.2) is 0 Å². The number of hydrogen-bond acceptors (Lipinski definition) is 4. The number of ketones is 1. The molecule has 0 radical (unpaired) electrons. The summed E-state index contributed by atoms with van der Waals surface area (Å²) in [5.74, 6) is 0.0166. The number of nitrogens with one attached hydrogen (secondary N) is 1. The van der Waals surface area contributed by atoms with E-state index in [1.54, 1.807) is 19.2 Å². The first kappa shape index (κ1) is 19.2. The lowest BCUT2D eigenvalue weighted by atomic mass is 10.1. The number of benzene rings is 2. The lowest BCUT2D eigenvalue weighted by Crippen LogP contribution is -2.48. The van der Waals surface area contributed by atoms with Gasteiger partial charge in [0.1, 0.15) is 0 Å². The number of piperazine rings is 1. The van der Waals surface area contributed by atoms with Crippen molar-refractivity contribution in [3.63, 3.8) is 0 Å². The molecule has 4 rings (SSSR count). The van der Waals surface area contributed by atoms with Gasteiger partial charge in [-0.05, 0) is 43.3 Å². The first-order valence-electron chi connectivity index (χ1n) is 9.47. The quantitative estimate of drug-likeness (QED) is 0.665. The van der Waals surface area contributed by atoms with Crippen molar-refractivity contribution >= 4 is 29.0 Å². The average Bonchev–Trinajstić information content (AvgIpc) is 3.23. The van der Waals surface area contributed by atoms with Crippen LogP contribution in [0, 0.1) is 0 Å². The van der Waals surface area contributed by atoms with Gasteiger partial charge in [-0.15, -0.1) is 0 Å². The Labute approximate surface area is 174 Å². The van der Waals surface area contributed by atoms with Crippen molar-refractivity contribution in [3.8, 4) is 11.3 Å². The Bertz CT molecular complexity index is 1040. The average molecular weight is 409 g/mol. The summed E-state index contributed by atoms with van der Waals surface area (Å²) >= 11 is 6.09. The molecule has 0 aliphatic carbocycles. The second-order valence-corrected chi connectivity index (χ2v) is 7.49. The predicted molar refractivity (Wildman–Crippen MR) is 114 cm³/mol. The van der Waals surface area contributed by atoms with Crippen LogP contribution >= 0.6 is 11.6 Å². The van der Waals surface area contributed by atoms with Gasteiger partial charge in [-0.3, -0.25) is 14.7 Å². The summed E-state index contributed by atoms with van der Waals surface area (Å²) in [5, 5.41) is 7.61. The number of carbonyl (C=O) groups excluding carboxylic acids is 2. The molecule has 6 nitrogen and oxygen atoms in total. The molecule has 1 aromatic heterocycles. The normalized spacial score (nSPS) is 14.1. The van der Waals surface area contributed by atoms with Gasteiger partial charge in [0.2, 0.25) is 0 Å². The first-order valence-corrected chi connectivity index (χ1v) is 9.85. The Balaban J connectivity index is 1.45. The van der Waals surface area contributed by atoms with Crippen molar-refractivity contribution in [3.05, 3.63) is 70.9 Å². The number of hydrogen-bond donors (Lipinski definition) is 1. The number of anilines is 1. The van der Waals surface area contributed by atoms with E-state index in [4.69, 9.17) is 11.6 Å². The minimum Gasteiger partial charge on any atom is -0.368 e. The molecule has 3 aromatic rings. The fourth-order valence-electron chi connectivity index (χ4n) is 3.56. The van der Waals surface area contributed by atoms with Gasteiger partial charge in [0.15, 0.2) is 5.78 Å². The molecular weight excluding hydrogens is 388 g/mol. The number of Topliss-reactive ketones (excluding diaryl/α,β-unsaturated/α-hetero) is 1. The molecule has 1 aliphatic rings. The standard InChI is InChI=1S/C22H21ClN4O2/c1-15(28)16-5-7-19(8-6-16)26-9-11-27(12-10-26)22(29)20-14-24-25-21(20)17-3-2-4-18(23)13-17/h2-8,13-14H,9-12H2,1H3,(H,24,25). The van der Waals surface area contributed by atoms with Gasteiger partial charge >= 0.3 is 0 Å². The van der Waals surface area contributed by atoms with E-state index in [-0.39, 0.29) is 11.7 Å². The maximum Gasteiger partial charge on any atom is 0.257 e. The van der Waals surface area contributed by atoms with Crippen LogP contribution in [-0.2, 0) is 0 Å². The fraction of sp³-hybridized carbons (Fsp3) is 0.227. The maximum absolute atomic E-state index is 13.1. The molecule has 0 spiro atoms. The molecule has 1 fully saturated rings. The van der Waals surface area contributed by atoms with Crippen molar-refractivity contribution in [2.24, 2.45) is 0 Å². The second-order valence-electron chi connectivity index (χ2n) is 7.05. The van der Waals surface area contributed by atoms with Crippen molar-refractivity contribution in [1.29, 1.82) is 0 Å². The van der Waals surface area contributed by atoms with Gasteiger partial charge in [-0.2, -0.15) is 5.10 Å². The van der Waals surface area contributed by atoms with Gasteiger partial charge in [0.25, 0.3) is 5.91 Å². The molecular formula is C22H21ClN4O2. The first-order chi connectivity index (χ1) is 14.0. The Morgan fingerprint density at radius 3 is 2.41 bits per heavy atom. The minimum absolute atomic E-state index is 0.0414. The molecule has 2 heterocycles. The molecule has 1 N–H and O–H groups in total. The van der Waals surface area contributed by atoms with Crippen LogP contribution in [-0.4, -0.2) is 53.0 Å². The van der Waals surface area contributed by atoms with E-state index in [0.717, 1.165) is 24.3 Å². The van der Waals surface area contributed by atoms with Crippen LogP contribution < -0.4 is 4.90 Å². The highest BCUT2D eigenvalue weighted by molar-refractivity contribution is 6.30. The van der Waals surface area contributed by atoms with E-state index in [0.29, 0.717) is 34.9 Å². The molecule has 0 atom stereocenters. The molecule has 0 saturated carbocycles. The highest BCUT2D eigenvalue weighted by Gasteiger charge is 2.25. The SMILES string of the molecule is CC(=O)c1ccc(N2CCN(C(=O)c3cn[nH]c3-c3cccc(Cl)c3)CC2)cc1. The van der Waals surface area contributed by atoms with Gasteiger partial charge in [-0.1, -0.05) is 23.7 Å². The predicted octanol–water partition coefficient (Wildman–Crippen LogP) is 3.90. The van der Waals surface area contributed by atoms with Crippen molar-refractivity contribution in [1.82, 2.24) is 15.1 Å². The highest BCUT2D eigenvalue weighted by Crippen LogP contribution is 2.26. The number of amides is 1. The summed E-state index contributed by atoms with van der Waals surface area (Å²) < 4.78 is 0. The minimum atomic E-state index is -0.0414. The highest BCUT2D eigenvalue weighted by atomic mass is 35.5. The lowest BCUT2D eigenvalue weighted by Gasteiger charge is -2.36. The van der Waals surface area contributed by atoms with E-state index in [1.807, 2.05) is 47.4 Å². The van der Waals surface area contributed by atoms with Gasteiger partial charge in [0.05, 0.1) is 17.5 Å². The van der Waals surface area contributed by atoms with Crippen molar-refractivity contribution < 1.29 is 9.59 Å². The van der Waals surface area contributed by atoms with E-state index in [1.165, 1.54) is 0 Å². The van der Waals surface area contributed by atoms with Crippen LogP contribution in [0.4, 0.5) is 5.69 Å². The molecule has 1 saturated heterocycles. The third-order valence-electron chi connectivity index (χ3n) is 5.19. The summed E-state index contributed by atoms with van der Waals surface area (Å²) in [6.07, 6.45) is 1.57. The van der Waals surface area contributed by atoms with Gasteiger partial charge in [0, 0.05) is 48.0 Å². The maximum atomic E-state index is 13.1. The number of H-pyrrole nitrogens is 1. The molecule has 29 heavy (non-hydrogen) atoms. The molecule has 2 aromatic carbocycles. The van der Waals surface area contributed by atoms with E-state index < -0.39 is 0 Å². The molecule has 0 unspecified atom stereocenters. The van der Waals surface area contributed by atoms with E-state index in [9.17, 15) is 9.59 Å². The Kier molecular flexibility index (Phi) is 5.36. The van der Waals surface area contributed by atoms with E-state index in [2.05, 4.69) is 15.1 Å². The summed E-state index contributed by atoms with van der Waals surface area (Å²) in [4.78, 5) is 28.6. The Morgan fingerprint density at radius 1 is 1.03 bits per heavy atom. The summed E-state index contributed by atoms with van der Waals surface area (Å²) in [5.41, 5.74) is 3.83. The molecule has 1 aliphatic heterocycles. The van der Waals surface area contributed by atoms with Crippen LogP contribution in [0.2, 0.25) is 5.02 Å². The summed E-state index contributed by atoms with van der Waals surface area (Å²) in [6.45, 7) is 4.26. The van der Waals surface area contributed by atoms with Gasteiger partial charge < -0.3 is 9.80 Å². The molecule has 148 valence electrons. The number of carbonyl (C=O) groups is 2. The number of rotatable bonds is 4. The molecule has 0 bridgehead atoms. The number of halogens is 1. The topological polar surface area (TPSA) is 69.3 Å². The number of aromatic nitrogens is 2. The Morgan fingerprint density at radius 2 is 1.76 bits per heavy atom. The third-order valence-corrected chi connectivity index (χ3v) is 5.42. The number of aromatic amines is 1. The van der Waals surface area contributed by atoms with Crippen molar-refractivity contribution in [2.45, 2.75) is 6.92 Å². The second kappa shape index (κ2) is 8.09. The number of nitrogens with zero attached hydrogens (tertiary/aromatic N) is 3. The van der Waals surface area contributed by atoms with Crippen LogP contribution in [0.25, 0.3) is 11.3 Å². The lowest BCUT2D eigenvalue weighted by molar-refractivity contribution is 0.0747. The Hall–Kier alpha value is -3.12.